The maximum absolute atomic E-state index is 11.6. The second kappa shape index (κ2) is 6.08. The Morgan fingerprint density at radius 2 is 2.19 bits per heavy atom. The molecule has 0 aliphatic carbocycles. The van der Waals surface area contributed by atoms with Crippen LogP contribution in [0.3, 0.4) is 0 Å². The van der Waals surface area contributed by atoms with Crippen molar-refractivity contribution in [3.05, 3.63) is 35.0 Å². The Morgan fingerprint density at radius 1 is 1.43 bits per heavy atom. The van der Waals surface area contributed by atoms with E-state index >= 15 is 0 Å². The van der Waals surface area contributed by atoms with Crippen molar-refractivity contribution in [2.24, 2.45) is 0 Å². The van der Waals surface area contributed by atoms with Gasteiger partial charge in [-0.2, -0.15) is 0 Å². The van der Waals surface area contributed by atoms with Crippen molar-refractivity contribution < 1.29 is 9.53 Å². The molecule has 0 bridgehead atoms. The van der Waals surface area contributed by atoms with Gasteiger partial charge in [-0.3, -0.25) is 4.79 Å². The number of carbonyl (C=O) groups excluding carboxylic acids is 1. The fourth-order valence-electron chi connectivity index (χ4n) is 3.05. The lowest BCUT2D eigenvalue weighted by Crippen LogP contribution is -2.29. The predicted molar refractivity (Wildman–Crippen MR) is 83.8 cm³/mol. The minimum atomic E-state index is -0.214. The van der Waals surface area contributed by atoms with Crippen molar-refractivity contribution in [1.82, 2.24) is 9.88 Å². The van der Waals surface area contributed by atoms with E-state index in [0.29, 0.717) is 12.5 Å². The number of halogens is 1. The van der Waals surface area contributed by atoms with Crippen molar-refractivity contribution >= 4 is 28.5 Å². The van der Waals surface area contributed by atoms with E-state index in [0.717, 1.165) is 47.4 Å². The van der Waals surface area contributed by atoms with E-state index in [1.165, 1.54) is 7.11 Å². The van der Waals surface area contributed by atoms with Gasteiger partial charge in [-0.1, -0.05) is 17.7 Å². The normalized spacial score (nSPS) is 16.3. The fraction of sp³-hybridized carbons (Fsp3) is 0.438. The number of piperidine rings is 1. The first-order chi connectivity index (χ1) is 10.2. The molecule has 1 saturated heterocycles. The topological polar surface area (TPSA) is 43.3 Å². The van der Waals surface area contributed by atoms with Crippen LogP contribution >= 0.6 is 11.6 Å². The highest BCUT2D eigenvalue weighted by Crippen LogP contribution is 2.31. The Kier molecular flexibility index (Phi) is 4.17. The van der Waals surface area contributed by atoms with Gasteiger partial charge in [0, 0.05) is 22.6 Å². The van der Waals surface area contributed by atoms with Crippen LogP contribution in [0.15, 0.2) is 24.4 Å². The minimum absolute atomic E-state index is 0.214. The van der Waals surface area contributed by atoms with Gasteiger partial charge in [0.1, 0.15) is 0 Å². The largest absolute Gasteiger partial charge is 0.469 e. The summed E-state index contributed by atoms with van der Waals surface area (Å²) >= 11 is 6.15. The van der Waals surface area contributed by atoms with Gasteiger partial charge < -0.3 is 14.6 Å². The number of rotatable bonds is 3. The smallest absolute Gasteiger partial charge is 0.310 e. The molecule has 1 N–H and O–H groups in total. The van der Waals surface area contributed by atoms with E-state index in [2.05, 4.69) is 16.1 Å². The fourth-order valence-corrected chi connectivity index (χ4v) is 3.22. The summed E-state index contributed by atoms with van der Waals surface area (Å²) in [5, 5.41) is 5.19. The number of hydrogen-bond donors (Lipinski definition) is 1. The summed E-state index contributed by atoms with van der Waals surface area (Å²) in [6.45, 7) is 2.05. The molecule has 0 atom stereocenters. The van der Waals surface area contributed by atoms with Gasteiger partial charge in [-0.05, 0) is 43.6 Å². The van der Waals surface area contributed by atoms with Crippen LogP contribution in [0.5, 0.6) is 0 Å². The first kappa shape index (κ1) is 14.4. The van der Waals surface area contributed by atoms with Crippen LogP contribution in [0.2, 0.25) is 5.02 Å². The highest BCUT2D eigenvalue weighted by molar-refractivity contribution is 6.31. The maximum Gasteiger partial charge on any atom is 0.310 e. The monoisotopic (exact) mass is 306 g/mol. The molecule has 21 heavy (non-hydrogen) atoms. The van der Waals surface area contributed by atoms with E-state index in [1.807, 2.05) is 18.2 Å². The number of hydrogen-bond acceptors (Lipinski definition) is 3. The lowest BCUT2D eigenvalue weighted by molar-refractivity contribution is -0.139. The van der Waals surface area contributed by atoms with Crippen LogP contribution in [0.4, 0.5) is 0 Å². The quantitative estimate of drug-likeness (QED) is 0.887. The lowest BCUT2D eigenvalue weighted by Gasteiger charge is -2.25. The third kappa shape index (κ3) is 2.92. The number of ether oxygens (including phenoxy) is 1. The van der Waals surface area contributed by atoms with Crippen LogP contribution in [0.1, 0.15) is 24.4 Å². The summed E-state index contributed by atoms with van der Waals surface area (Å²) in [6.07, 6.45) is 4.57. The minimum Gasteiger partial charge on any atom is -0.469 e. The predicted octanol–water partition coefficient (Wildman–Crippen LogP) is 2.93. The molecule has 0 saturated carbocycles. The van der Waals surface area contributed by atoms with Crippen LogP contribution in [-0.4, -0.2) is 30.7 Å². The Hall–Kier alpha value is -1.52. The zero-order valence-electron chi connectivity index (χ0n) is 12.1. The molecule has 1 fully saturated rings. The maximum atomic E-state index is 11.6. The number of nitrogens with zero attached hydrogens (tertiary/aromatic N) is 1. The number of methoxy groups -OCH3 is 1. The Labute approximate surface area is 129 Å². The van der Waals surface area contributed by atoms with Crippen molar-refractivity contribution in [3.63, 3.8) is 0 Å². The molecular weight excluding hydrogens is 288 g/mol. The van der Waals surface area contributed by atoms with E-state index in [-0.39, 0.29) is 5.97 Å². The third-order valence-electron chi connectivity index (χ3n) is 4.14. The zero-order valence-corrected chi connectivity index (χ0v) is 12.8. The van der Waals surface area contributed by atoms with Crippen molar-refractivity contribution in [1.29, 1.82) is 0 Å². The molecule has 1 aromatic carbocycles. The lowest BCUT2D eigenvalue weighted by atomic mass is 10.1. The summed E-state index contributed by atoms with van der Waals surface area (Å²) in [4.78, 5) is 11.6. The Bertz CT molecular complexity index is 660. The highest BCUT2D eigenvalue weighted by atomic mass is 35.5. The molecule has 2 heterocycles. The molecule has 0 radical (unpaired) electrons. The first-order valence-corrected chi connectivity index (χ1v) is 7.63. The van der Waals surface area contributed by atoms with Crippen LogP contribution in [-0.2, 0) is 16.0 Å². The molecule has 0 unspecified atom stereocenters. The van der Waals surface area contributed by atoms with Crippen LogP contribution in [0, 0.1) is 0 Å². The van der Waals surface area contributed by atoms with E-state index in [1.54, 1.807) is 0 Å². The SMILES string of the molecule is COC(=O)Cc1cn(C2CCNCC2)c2cc(Cl)ccc12. The van der Waals surface area contributed by atoms with E-state index in [4.69, 9.17) is 16.3 Å². The van der Waals surface area contributed by atoms with Crippen LogP contribution in [0.25, 0.3) is 10.9 Å². The molecule has 2 aromatic rings. The Balaban J connectivity index is 2.05. The van der Waals surface area contributed by atoms with E-state index in [9.17, 15) is 4.79 Å². The van der Waals surface area contributed by atoms with Gasteiger partial charge in [-0.15, -0.1) is 0 Å². The van der Waals surface area contributed by atoms with Crippen molar-refractivity contribution in [2.75, 3.05) is 20.2 Å². The zero-order chi connectivity index (χ0) is 14.8. The molecule has 0 amide bonds. The number of carbonyl (C=O) groups is 1. The molecule has 1 aliphatic heterocycles. The van der Waals surface area contributed by atoms with Crippen molar-refractivity contribution in [2.45, 2.75) is 25.3 Å². The first-order valence-electron chi connectivity index (χ1n) is 7.25. The third-order valence-corrected chi connectivity index (χ3v) is 4.38. The second-order valence-corrected chi connectivity index (χ2v) is 5.89. The number of esters is 1. The molecule has 1 aliphatic rings. The molecular formula is C16H19ClN2O2. The number of aromatic nitrogens is 1. The van der Waals surface area contributed by atoms with Gasteiger partial charge in [-0.25, -0.2) is 0 Å². The molecule has 4 nitrogen and oxygen atoms in total. The number of benzene rings is 1. The average molecular weight is 307 g/mol. The molecule has 112 valence electrons. The van der Waals surface area contributed by atoms with Gasteiger partial charge in [0.25, 0.3) is 0 Å². The standard InChI is InChI=1S/C16H19ClN2O2/c1-21-16(20)8-11-10-19(13-4-6-18-7-5-13)15-9-12(17)2-3-14(11)15/h2-3,9-10,13,18H,4-8H2,1H3. The summed E-state index contributed by atoms with van der Waals surface area (Å²) in [7, 11) is 1.42. The van der Waals surface area contributed by atoms with E-state index < -0.39 is 0 Å². The highest BCUT2D eigenvalue weighted by Gasteiger charge is 2.20. The molecule has 0 spiro atoms. The summed E-state index contributed by atoms with van der Waals surface area (Å²) in [5.74, 6) is -0.214. The van der Waals surface area contributed by atoms with Gasteiger partial charge in [0.15, 0.2) is 0 Å². The van der Waals surface area contributed by atoms with Gasteiger partial charge in [0.05, 0.1) is 19.0 Å². The van der Waals surface area contributed by atoms with Crippen molar-refractivity contribution in [3.8, 4) is 0 Å². The van der Waals surface area contributed by atoms with Gasteiger partial charge in [0.2, 0.25) is 0 Å². The summed E-state index contributed by atoms with van der Waals surface area (Å²) in [5.41, 5.74) is 2.11. The number of nitrogens with one attached hydrogen (secondary N) is 1. The second-order valence-electron chi connectivity index (χ2n) is 5.46. The Morgan fingerprint density at radius 3 is 2.90 bits per heavy atom. The summed E-state index contributed by atoms with van der Waals surface area (Å²) < 4.78 is 7.08. The molecule has 5 heteroatoms. The van der Waals surface area contributed by atoms with Gasteiger partial charge >= 0.3 is 5.97 Å². The van der Waals surface area contributed by atoms with Crippen LogP contribution < -0.4 is 5.32 Å². The summed E-state index contributed by atoms with van der Waals surface area (Å²) in [6, 6.07) is 6.31. The average Bonchev–Trinajstić information content (AvgIpc) is 2.86. The molecule has 1 aromatic heterocycles. The molecule has 3 rings (SSSR count). The number of fused-ring (bicyclic) bond motifs is 1.